The number of halogens is 1. The summed E-state index contributed by atoms with van der Waals surface area (Å²) in [4.78, 5) is 17.2. The first kappa shape index (κ1) is 24.8. The Kier molecular flexibility index (Phi) is 8.43. The second-order valence-electron chi connectivity index (χ2n) is 8.87. The molecule has 0 saturated heterocycles. The van der Waals surface area contributed by atoms with Crippen molar-refractivity contribution in [3.8, 4) is 5.75 Å². The van der Waals surface area contributed by atoms with Gasteiger partial charge in [-0.15, -0.1) is 0 Å². The van der Waals surface area contributed by atoms with E-state index in [1.807, 2.05) is 36.4 Å². The van der Waals surface area contributed by atoms with E-state index in [-0.39, 0.29) is 5.91 Å². The number of amides is 1. The van der Waals surface area contributed by atoms with Crippen LogP contribution in [0.4, 0.5) is 0 Å². The van der Waals surface area contributed by atoms with Crippen molar-refractivity contribution in [3.63, 3.8) is 0 Å². The third-order valence-corrected chi connectivity index (χ3v) is 6.46. The van der Waals surface area contributed by atoms with Crippen LogP contribution < -0.4 is 10.1 Å². The lowest BCUT2D eigenvalue weighted by atomic mass is 10.1. The van der Waals surface area contributed by atoms with E-state index in [2.05, 4.69) is 41.9 Å². The number of ether oxygens (including phenoxy) is 1. The third-order valence-electron chi connectivity index (χ3n) is 6.21. The average molecular weight is 490 g/mol. The molecule has 0 unspecified atom stereocenters. The standard InChI is InChI=1S/C29H32ClN3O2/c1-21-9-14-25(19-22(21)2)35-18-6-5-17-33-27-8-4-3-7-26(27)32-28(33)15-16-31-29(34)20-23-10-12-24(30)13-11-23/h3-4,7-14,19H,5-6,15-18,20H2,1-2H3,(H,31,34). The maximum atomic E-state index is 12.4. The van der Waals surface area contributed by atoms with Crippen LogP contribution in [0.15, 0.2) is 66.7 Å². The summed E-state index contributed by atoms with van der Waals surface area (Å²) in [5, 5.41) is 3.69. The average Bonchev–Trinajstić information content (AvgIpc) is 3.20. The summed E-state index contributed by atoms with van der Waals surface area (Å²) < 4.78 is 8.22. The zero-order valence-corrected chi connectivity index (χ0v) is 21.1. The second-order valence-corrected chi connectivity index (χ2v) is 9.31. The molecule has 3 aromatic carbocycles. The normalized spacial score (nSPS) is 11.1. The lowest BCUT2D eigenvalue weighted by Gasteiger charge is -2.11. The van der Waals surface area contributed by atoms with E-state index >= 15 is 0 Å². The molecule has 0 bridgehead atoms. The predicted octanol–water partition coefficient (Wildman–Crippen LogP) is 6.07. The molecule has 1 heterocycles. The summed E-state index contributed by atoms with van der Waals surface area (Å²) in [6, 6.07) is 21.8. The zero-order valence-electron chi connectivity index (χ0n) is 20.4. The van der Waals surface area contributed by atoms with Gasteiger partial charge in [0.15, 0.2) is 0 Å². The van der Waals surface area contributed by atoms with E-state index in [1.54, 1.807) is 12.1 Å². The summed E-state index contributed by atoms with van der Waals surface area (Å²) >= 11 is 5.92. The predicted molar refractivity (Wildman–Crippen MR) is 142 cm³/mol. The van der Waals surface area contributed by atoms with Gasteiger partial charge in [0.2, 0.25) is 5.91 Å². The van der Waals surface area contributed by atoms with E-state index in [0.717, 1.165) is 47.6 Å². The van der Waals surface area contributed by atoms with Crippen LogP contribution in [0, 0.1) is 13.8 Å². The lowest BCUT2D eigenvalue weighted by Crippen LogP contribution is -2.28. The molecule has 182 valence electrons. The van der Waals surface area contributed by atoms with E-state index in [1.165, 1.54) is 11.1 Å². The number of nitrogens with one attached hydrogen (secondary N) is 1. The van der Waals surface area contributed by atoms with Crippen molar-refractivity contribution in [2.45, 2.75) is 46.1 Å². The Balaban J connectivity index is 1.29. The van der Waals surface area contributed by atoms with Crippen LogP contribution in [0.25, 0.3) is 11.0 Å². The Hall–Kier alpha value is -3.31. The molecule has 1 amide bonds. The Morgan fingerprint density at radius 1 is 1.00 bits per heavy atom. The van der Waals surface area contributed by atoms with Gasteiger partial charge in [0.25, 0.3) is 0 Å². The molecule has 6 heteroatoms. The molecule has 4 rings (SSSR count). The first-order valence-corrected chi connectivity index (χ1v) is 12.5. The molecule has 0 aliphatic rings. The van der Waals surface area contributed by atoms with Gasteiger partial charge in [0, 0.05) is 24.5 Å². The van der Waals surface area contributed by atoms with Gasteiger partial charge in [-0.1, -0.05) is 41.9 Å². The van der Waals surface area contributed by atoms with Crippen molar-refractivity contribution in [3.05, 3.63) is 94.3 Å². The minimum absolute atomic E-state index is 0.00141. The molecular weight excluding hydrogens is 458 g/mol. The largest absolute Gasteiger partial charge is 0.494 e. The van der Waals surface area contributed by atoms with Gasteiger partial charge in [-0.2, -0.15) is 0 Å². The number of imidazole rings is 1. The fourth-order valence-electron chi connectivity index (χ4n) is 4.10. The Morgan fingerprint density at radius 2 is 1.80 bits per heavy atom. The number of aryl methyl sites for hydroxylation is 3. The molecule has 0 radical (unpaired) electrons. The number of carbonyl (C=O) groups is 1. The van der Waals surface area contributed by atoms with E-state index in [9.17, 15) is 4.79 Å². The molecule has 1 N–H and O–H groups in total. The smallest absolute Gasteiger partial charge is 0.224 e. The van der Waals surface area contributed by atoms with Gasteiger partial charge < -0.3 is 14.6 Å². The number of fused-ring (bicyclic) bond motifs is 1. The van der Waals surface area contributed by atoms with Gasteiger partial charge in [0.05, 0.1) is 24.1 Å². The van der Waals surface area contributed by atoms with Crippen molar-refractivity contribution >= 4 is 28.5 Å². The van der Waals surface area contributed by atoms with Crippen LogP contribution in [0.3, 0.4) is 0 Å². The number of rotatable bonds is 11. The highest BCUT2D eigenvalue weighted by Gasteiger charge is 2.11. The Labute approximate surface area is 212 Å². The maximum Gasteiger partial charge on any atom is 0.224 e. The number of aromatic nitrogens is 2. The quantitative estimate of drug-likeness (QED) is 0.260. The minimum atomic E-state index is -0.00141. The molecule has 0 atom stereocenters. The van der Waals surface area contributed by atoms with Crippen LogP contribution in [0.1, 0.15) is 35.4 Å². The van der Waals surface area contributed by atoms with Crippen LogP contribution >= 0.6 is 11.6 Å². The van der Waals surface area contributed by atoms with Crippen molar-refractivity contribution in [2.24, 2.45) is 0 Å². The van der Waals surface area contributed by atoms with Crippen molar-refractivity contribution in [1.29, 1.82) is 0 Å². The topological polar surface area (TPSA) is 56.1 Å². The highest BCUT2D eigenvalue weighted by Crippen LogP contribution is 2.19. The van der Waals surface area contributed by atoms with Crippen molar-refractivity contribution in [2.75, 3.05) is 13.2 Å². The maximum absolute atomic E-state index is 12.4. The van der Waals surface area contributed by atoms with Crippen molar-refractivity contribution < 1.29 is 9.53 Å². The van der Waals surface area contributed by atoms with Gasteiger partial charge in [-0.25, -0.2) is 4.98 Å². The molecule has 0 aliphatic heterocycles. The highest BCUT2D eigenvalue weighted by atomic mass is 35.5. The number of unbranched alkanes of at least 4 members (excludes halogenated alkanes) is 1. The molecule has 35 heavy (non-hydrogen) atoms. The Bertz CT molecular complexity index is 1280. The second kappa shape index (κ2) is 11.9. The number of para-hydroxylation sites is 2. The monoisotopic (exact) mass is 489 g/mol. The first-order chi connectivity index (χ1) is 17.0. The summed E-state index contributed by atoms with van der Waals surface area (Å²) in [7, 11) is 0. The number of hydrogen-bond acceptors (Lipinski definition) is 3. The summed E-state index contributed by atoms with van der Waals surface area (Å²) in [6.07, 6.45) is 2.96. The van der Waals surface area contributed by atoms with Gasteiger partial charge in [0.1, 0.15) is 11.6 Å². The molecule has 0 fully saturated rings. The molecule has 0 saturated carbocycles. The molecular formula is C29H32ClN3O2. The molecule has 4 aromatic rings. The third kappa shape index (κ3) is 6.86. The van der Waals surface area contributed by atoms with Gasteiger partial charge in [-0.3, -0.25) is 4.79 Å². The van der Waals surface area contributed by atoms with Gasteiger partial charge >= 0.3 is 0 Å². The highest BCUT2D eigenvalue weighted by molar-refractivity contribution is 6.30. The SMILES string of the molecule is Cc1ccc(OCCCCn2c(CCNC(=O)Cc3ccc(Cl)cc3)nc3ccccc32)cc1C. The fourth-order valence-corrected chi connectivity index (χ4v) is 4.22. The van der Waals surface area contributed by atoms with Crippen LogP contribution in [0.2, 0.25) is 5.02 Å². The molecule has 1 aromatic heterocycles. The summed E-state index contributed by atoms with van der Waals surface area (Å²) in [5.74, 6) is 1.92. The van der Waals surface area contributed by atoms with Crippen molar-refractivity contribution in [1.82, 2.24) is 14.9 Å². The molecule has 0 aliphatic carbocycles. The molecule has 5 nitrogen and oxygen atoms in total. The van der Waals surface area contributed by atoms with E-state index in [4.69, 9.17) is 21.3 Å². The van der Waals surface area contributed by atoms with Gasteiger partial charge in [-0.05, 0) is 79.8 Å². The lowest BCUT2D eigenvalue weighted by molar-refractivity contribution is -0.120. The summed E-state index contributed by atoms with van der Waals surface area (Å²) in [5.41, 5.74) is 5.59. The number of benzene rings is 3. The number of hydrogen-bond donors (Lipinski definition) is 1. The van der Waals surface area contributed by atoms with E-state index in [0.29, 0.717) is 31.0 Å². The van der Waals surface area contributed by atoms with Crippen LogP contribution in [0.5, 0.6) is 5.75 Å². The first-order valence-electron chi connectivity index (χ1n) is 12.1. The number of nitrogens with zero attached hydrogens (tertiary/aromatic N) is 2. The fraction of sp³-hybridized carbons (Fsp3) is 0.310. The minimum Gasteiger partial charge on any atom is -0.494 e. The molecule has 0 spiro atoms. The van der Waals surface area contributed by atoms with Crippen LogP contribution in [-0.2, 0) is 24.2 Å². The zero-order chi connectivity index (χ0) is 24.6. The summed E-state index contributed by atoms with van der Waals surface area (Å²) in [6.45, 7) is 6.31. The number of carbonyl (C=O) groups excluding carboxylic acids is 1. The van der Waals surface area contributed by atoms with Crippen LogP contribution in [-0.4, -0.2) is 28.6 Å². The Morgan fingerprint density at radius 3 is 2.60 bits per heavy atom. The van der Waals surface area contributed by atoms with E-state index < -0.39 is 0 Å².